The van der Waals surface area contributed by atoms with Crippen LogP contribution in [-0.4, -0.2) is 12.2 Å². The molecular formula is C15H12N4O. The molecule has 5 heteroatoms. The Kier molecular flexibility index (Phi) is 4.10. The lowest BCUT2D eigenvalue weighted by Crippen LogP contribution is -2.24. The Morgan fingerprint density at radius 3 is 2.80 bits per heavy atom. The molecular weight excluding hydrogens is 252 g/mol. The zero-order valence-electron chi connectivity index (χ0n) is 10.6. The van der Waals surface area contributed by atoms with Crippen LogP contribution in [0.25, 0.3) is 11.1 Å². The van der Waals surface area contributed by atoms with Gasteiger partial charge in [0.25, 0.3) is 0 Å². The lowest BCUT2D eigenvalue weighted by atomic mass is 9.99. The molecule has 98 valence electrons. The summed E-state index contributed by atoms with van der Waals surface area (Å²) in [5.41, 5.74) is 10.2. The Morgan fingerprint density at radius 2 is 2.05 bits per heavy atom. The zero-order valence-corrected chi connectivity index (χ0v) is 10.6. The molecule has 5 nitrogen and oxygen atoms in total. The second kappa shape index (κ2) is 6.16. The minimum absolute atomic E-state index is 0.608. The molecule has 3 N–H and O–H groups in total. The molecule has 0 aromatic heterocycles. The maximum absolute atomic E-state index is 10.5. The summed E-state index contributed by atoms with van der Waals surface area (Å²) in [7, 11) is 0. The number of carbonyl (C=O) groups is 1. The van der Waals surface area contributed by atoms with E-state index in [4.69, 9.17) is 11.0 Å². The molecule has 2 aromatic rings. The number of nitrogens with zero attached hydrogens (tertiary/aromatic N) is 2. The molecule has 0 fully saturated rings. The number of urea groups is 1. The van der Waals surface area contributed by atoms with Crippen LogP contribution in [0, 0.1) is 11.3 Å². The van der Waals surface area contributed by atoms with Gasteiger partial charge in [0.15, 0.2) is 0 Å². The van der Waals surface area contributed by atoms with Gasteiger partial charge in [-0.15, -0.1) is 0 Å². The maximum Gasteiger partial charge on any atom is 0.332 e. The molecule has 2 rings (SSSR count). The zero-order chi connectivity index (χ0) is 14.4. The summed E-state index contributed by atoms with van der Waals surface area (Å²) >= 11 is 0. The molecule has 0 heterocycles. The first-order valence-electron chi connectivity index (χ1n) is 5.89. The van der Waals surface area contributed by atoms with E-state index in [1.165, 1.54) is 6.21 Å². The number of amides is 2. The predicted molar refractivity (Wildman–Crippen MR) is 76.9 cm³/mol. The number of primary amides is 1. The van der Waals surface area contributed by atoms with Gasteiger partial charge in [0, 0.05) is 0 Å². The highest BCUT2D eigenvalue weighted by Gasteiger charge is 2.03. The highest BCUT2D eigenvalue weighted by Crippen LogP contribution is 2.23. The number of hydrogen-bond donors (Lipinski definition) is 2. The first-order chi connectivity index (χ1) is 9.70. The summed E-state index contributed by atoms with van der Waals surface area (Å²) in [6.07, 6.45) is 1.49. The van der Waals surface area contributed by atoms with Crippen LogP contribution in [0.3, 0.4) is 0 Å². The van der Waals surface area contributed by atoms with Crippen molar-refractivity contribution in [2.24, 2.45) is 10.8 Å². The van der Waals surface area contributed by atoms with Crippen molar-refractivity contribution in [1.29, 1.82) is 5.26 Å². The molecule has 0 unspecified atom stereocenters. The molecule has 0 spiro atoms. The van der Waals surface area contributed by atoms with Gasteiger partial charge < -0.3 is 5.73 Å². The fraction of sp³-hybridized carbons (Fsp3) is 0. The molecule has 0 saturated heterocycles. The quantitative estimate of drug-likeness (QED) is 0.657. The van der Waals surface area contributed by atoms with Crippen molar-refractivity contribution in [3.05, 3.63) is 59.7 Å². The first-order valence-corrected chi connectivity index (χ1v) is 5.89. The normalized spacial score (nSPS) is 10.2. The van der Waals surface area contributed by atoms with E-state index >= 15 is 0 Å². The minimum Gasteiger partial charge on any atom is -0.350 e. The third kappa shape index (κ3) is 3.21. The number of hydrazone groups is 1. The highest BCUT2D eigenvalue weighted by atomic mass is 16.2. The van der Waals surface area contributed by atoms with Crippen molar-refractivity contribution in [3.8, 4) is 17.2 Å². The van der Waals surface area contributed by atoms with Crippen molar-refractivity contribution in [1.82, 2.24) is 5.43 Å². The number of nitriles is 1. The van der Waals surface area contributed by atoms with E-state index in [1.807, 2.05) is 42.5 Å². The fourth-order valence-electron chi connectivity index (χ4n) is 1.79. The number of rotatable bonds is 3. The van der Waals surface area contributed by atoms with E-state index in [-0.39, 0.29) is 0 Å². The molecule has 0 saturated carbocycles. The Bertz CT molecular complexity index is 701. The molecule has 2 amide bonds. The lowest BCUT2D eigenvalue weighted by molar-refractivity contribution is 0.249. The van der Waals surface area contributed by atoms with Gasteiger partial charge in [-0.3, -0.25) is 0 Å². The minimum atomic E-state index is -0.716. The fourth-order valence-corrected chi connectivity index (χ4v) is 1.79. The molecule has 0 radical (unpaired) electrons. The number of hydrogen-bond acceptors (Lipinski definition) is 3. The van der Waals surface area contributed by atoms with Crippen LogP contribution < -0.4 is 11.2 Å². The largest absolute Gasteiger partial charge is 0.350 e. The monoisotopic (exact) mass is 264 g/mol. The van der Waals surface area contributed by atoms with Gasteiger partial charge in [-0.05, 0) is 28.8 Å². The summed E-state index contributed by atoms with van der Waals surface area (Å²) in [6, 6.07) is 16.3. The Morgan fingerprint density at radius 1 is 1.25 bits per heavy atom. The van der Waals surface area contributed by atoms with Gasteiger partial charge in [-0.25, -0.2) is 10.2 Å². The summed E-state index contributed by atoms with van der Waals surface area (Å²) < 4.78 is 0. The van der Waals surface area contributed by atoms with Crippen LogP contribution in [0.1, 0.15) is 11.1 Å². The van der Waals surface area contributed by atoms with Crippen LogP contribution >= 0.6 is 0 Å². The second-order valence-electron chi connectivity index (χ2n) is 4.02. The van der Waals surface area contributed by atoms with E-state index in [0.717, 1.165) is 16.7 Å². The summed E-state index contributed by atoms with van der Waals surface area (Å²) in [6.45, 7) is 0. The average Bonchev–Trinajstić information content (AvgIpc) is 2.47. The number of carbonyl (C=O) groups excluding carboxylic acids is 1. The van der Waals surface area contributed by atoms with Crippen LogP contribution in [-0.2, 0) is 0 Å². The average molecular weight is 264 g/mol. The van der Waals surface area contributed by atoms with Crippen molar-refractivity contribution in [3.63, 3.8) is 0 Å². The predicted octanol–water partition coefficient (Wildman–Crippen LogP) is 2.23. The molecule has 2 aromatic carbocycles. The molecule has 0 aliphatic carbocycles. The van der Waals surface area contributed by atoms with Crippen molar-refractivity contribution >= 4 is 12.2 Å². The highest BCUT2D eigenvalue weighted by molar-refractivity contribution is 5.84. The molecule has 0 aliphatic heterocycles. The maximum atomic E-state index is 10.5. The van der Waals surface area contributed by atoms with Crippen molar-refractivity contribution < 1.29 is 4.79 Å². The lowest BCUT2D eigenvalue weighted by Gasteiger charge is -2.04. The van der Waals surface area contributed by atoms with Gasteiger partial charge in [0.05, 0.1) is 17.8 Å². The third-order valence-electron chi connectivity index (χ3n) is 2.63. The molecule has 0 aliphatic rings. The molecule has 0 bridgehead atoms. The van der Waals surface area contributed by atoms with Gasteiger partial charge >= 0.3 is 6.03 Å². The Labute approximate surface area is 116 Å². The Balaban J connectivity index is 2.33. The smallest absolute Gasteiger partial charge is 0.332 e. The van der Waals surface area contributed by atoms with E-state index in [1.54, 1.807) is 6.07 Å². The molecule has 0 atom stereocenters. The van der Waals surface area contributed by atoms with Crippen molar-refractivity contribution in [2.75, 3.05) is 0 Å². The van der Waals surface area contributed by atoms with Crippen LogP contribution in [0.5, 0.6) is 0 Å². The number of nitrogens with one attached hydrogen (secondary N) is 1. The van der Waals surface area contributed by atoms with Crippen molar-refractivity contribution in [2.45, 2.75) is 0 Å². The van der Waals surface area contributed by atoms with Gasteiger partial charge in [0.1, 0.15) is 0 Å². The van der Waals surface area contributed by atoms with E-state index in [0.29, 0.717) is 5.56 Å². The van der Waals surface area contributed by atoms with Crippen LogP contribution in [0.4, 0.5) is 4.79 Å². The van der Waals surface area contributed by atoms with Crippen LogP contribution in [0.2, 0.25) is 0 Å². The van der Waals surface area contributed by atoms with Crippen LogP contribution in [0.15, 0.2) is 53.6 Å². The first kappa shape index (κ1) is 13.3. The third-order valence-corrected chi connectivity index (χ3v) is 2.63. The summed E-state index contributed by atoms with van der Waals surface area (Å²) in [5, 5.41) is 12.8. The standard InChI is InChI=1S/C15H12N4O/c16-9-13-5-1-2-7-14(13)12-6-3-4-11(8-12)10-18-19-15(17)20/h1-8,10H,(H3,17,19,20). The van der Waals surface area contributed by atoms with E-state index in [9.17, 15) is 4.79 Å². The number of benzene rings is 2. The number of nitrogens with two attached hydrogens (primary N) is 1. The van der Waals surface area contributed by atoms with E-state index in [2.05, 4.69) is 16.6 Å². The SMILES string of the molecule is N#Cc1ccccc1-c1cccc(C=NNC(N)=O)c1. The second-order valence-corrected chi connectivity index (χ2v) is 4.02. The van der Waals surface area contributed by atoms with Gasteiger partial charge in [0.2, 0.25) is 0 Å². The van der Waals surface area contributed by atoms with Gasteiger partial charge in [-0.2, -0.15) is 10.4 Å². The van der Waals surface area contributed by atoms with E-state index < -0.39 is 6.03 Å². The van der Waals surface area contributed by atoms with Gasteiger partial charge in [-0.1, -0.05) is 36.4 Å². The summed E-state index contributed by atoms with van der Waals surface area (Å²) in [5.74, 6) is 0. The topological polar surface area (TPSA) is 91.3 Å². The molecule has 20 heavy (non-hydrogen) atoms. The Hall–Kier alpha value is -3.13. The summed E-state index contributed by atoms with van der Waals surface area (Å²) in [4.78, 5) is 10.5.